The molecule has 0 radical (unpaired) electrons. The predicted octanol–water partition coefficient (Wildman–Crippen LogP) is 3.36. The lowest BCUT2D eigenvalue weighted by Crippen LogP contribution is -2.52. The number of anilines is 1. The van der Waals surface area contributed by atoms with Crippen LogP contribution >= 0.6 is 15.9 Å². The first-order chi connectivity index (χ1) is 9.61. The molecule has 0 heterocycles. The highest BCUT2D eigenvalue weighted by atomic mass is 79.9. The summed E-state index contributed by atoms with van der Waals surface area (Å²) in [6.45, 7) is 0. The normalized spacial score (nSPS) is 26.1. The number of esters is 1. The van der Waals surface area contributed by atoms with Crippen molar-refractivity contribution in [3.8, 4) is 0 Å². The summed E-state index contributed by atoms with van der Waals surface area (Å²) in [5.41, 5.74) is 0.187. The predicted molar refractivity (Wildman–Crippen MR) is 81.8 cm³/mol. The first-order valence-electron chi connectivity index (χ1n) is 6.75. The van der Waals surface area contributed by atoms with Gasteiger partial charge in [-0.25, -0.2) is 4.79 Å². The van der Waals surface area contributed by atoms with Crippen LogP contribution < -0.4 is 5.32 Å². The zero-order chi connectivity index (χ0) is 14.6. The number of hydrogen-bond acceptors (Lipinski definition) is 4. The molecule has 0 aromatic heterocycles. The zero-order valence-corrected chi connectivity index (χ0v) is 13.4. The van der Waals surface area contributed by atoms with Gasteiger partial charge in [0, 0.05) is 23.7 Å². The Labute approximate surface area is 128 Å². The van der Waals surface area contributed by atoms with Gasteiger partial charge in [0.15, 0.2) is 0 Å². The van der Waals surface area contributed by atoms with Crippen molar-refractivity contribution >= 4 is 27.6 Å². The fourth-order valence-corrected chi connectivity index (χ4v) is 3.18. The van der Waals surface area contributed by atoms with Crippen molar-refractivity contribution in [3.05, 3.63) is 28.7 Å². The van der Waals surface area contributed by atoms with Gasteiger partial charge in [0.2, 0.25) is 0 Å². The molecule has 2 rings (SSSR count). The molecule has 1 aliphatic carbocycles. The third-order valence-electron chi connectivity index (χ3n) is 3.86. The summed E-state index contributed by atoms with van der Waals surface area (Å²) in [7, 11) is 3.12. The van der Waals surface area contributed by atoms with E-state index in [1.54, 1.807) is 7.11 Å². The van der Waals surface area contributed by atoms with Crippen molar-refractivity contribution in [2.75, 3.05) is 19.5 Å². The van der Waals surface area contributed by atoms with Gasteiger partial charge in [0.25, 0.3) is 0 Å². The van der Waals surface area contributed by atoms with Crippen LogP contribution in [0.25, 0.3) is 0 Å². The average molecular weight is 342 g/mol. The van der Waals surface area contributed by atoms with Crippen molar-refractivity contribution < 1.29 is 14.3 Å². The summed E-state index contributed by atoms with van der Waals surface area (Å²) < 4.78 is 11.4. The Bertz CT molecular complexity index is 480. The van der Waals surface area contributed by atoms with Crippen LogP contribution in [-0.2, 0) is 14.3 Å². The second kappa shape index (κ2) is 6.59. The summed E-state index contributed by atoms with van der Waals surface area (Å²) in [6.07, 6.45) is 3.37. The zero-order valence-electron chi connectivity index (χ0n) is 11.8. The molecule has 20 heavy (non-hydrogen) atoms. The van der Waals surface area contributed by atoms with Crippen LogP contribution in [0, 0.1) is 0 Å². The molecule has 0 amide bonds. The summed E-state index contributed by atoms with van der Waals surface area (Å²) >= 11 is 3.50. The lowest BCUT2D eigenvalue weighted by Gasteiger charge is -2.39. The minimum Gasteiger partial charge on any atom is -0.467 e. The van der Waals surface area contributed by atoms with E-state index in [4.69, 9.17) is 9.47 Å². The molecule has 0 saturated heterocycles. The minimum absolute atomic E-state index is 0.0813. The number of methoxy groups -OCH3 is 2. The van der Waals surface area contributed by atoms with E-state index >= 15 is 0 Å². The summed E-state index contributed by atoms with van der Waals surface area (Å²) in [5, 5.41) is 3.38. The molecule has 0 aliphatic heterocycles. The first-order valence-corrected chi connectivity index (χ1v) is 7.54. The van der Waals surface area contributed by atoms with Gasteiger partial charge in [-0.3, -0.25) is 0 Å². The van der Waals surface area contributed by atoms with Crippen molar-refractivity contribution in [2.45, 2.75) is 37.3 Å². The molecule has 0 spiro atoms. The van der Waals surface area contributed by atoms with E-state index in [0.717, 1.165) is 29.4 Å². The van der Waals surface area contributed by atoms with E-state index in [1.807, 2.05) is 24.3 Å². The van der Waals surface area contributed by atoms with Gasteiger partial charge < -0.3 is 14.8 Å². The Morgan fingerprint density at radius 2 is 2.15 bits per heavy atom. The van der Waals surface area contributed by atoms with E-state index in [2.05, 4.69) is 21.2 Å². The summed E-state index contributed by atoms with van der Waals surface area (Å²) in [6, 6.07) is 7.78. The Morgan fingerprint density at radius 3 is 2.80 bits per heavy atom. The van der Waals surface area contributed by atoms with Crippen molar-refractivity contribution in [1.29, 1.82) is 0 Å². The third-order valence-corrected chi connectivity index (χ3v) is 4.55. The summed E-state index contributed by atoms with van der Waals surface area (Å²) in [4.78, 5) is 12.3. The third kappa shape index (κ3) is 3.15. The van der Waals surface area contributed by atoms with Crippen molar-refractivity contribution in [1.82, 2.24) is 0 Å². The fourth-order valence-electron chi connectivity index (χ4n) is 2.79. The summed E-state index contributed by atoms with van der Waals surface area (Å²) in [5.74, 6) is -0.227. The van der Waals surface area contributed by atoms with Gasteiger partial charge in [-0.15, -0.1) is 0 Å². The topological polar surface area (TPSA) is 47.6 Å². The molecule has 1 saturated carbocycles. The number of carbonyl (C=O) groups excluding carboxylic acids is 1. The van der Waals surface area contributed by atoms with E-state index in [9.17, 15) is 4.79 Å². The van der Waals surface area contributed by atoms with Gasteiger partial charge in [0.1, 0.15) is 5.54 Å². The Morgan fingerprint density at radius 1 is 1.40 bits per heavy atom. The second-order valence-electron chi connectivity index (χ2n) is 5.13. The fraction of sp³-hybridized carbons (Fsp3) is 0.533. The van der Waals surface area contributed by atoms with Gasteiger partial charge >= 0.3 is 5.97 Å². The smallest absolute Gasteiger partial charge is 0.331 e. The number of rotatable bonds is 4. The maximum Gasteiger partial charge on any atom is 0.331 e. The number of hydrogen-bond donors (Lipinski definition) is 1. The van der Waals surface area contributed by atoms with Crippen LogP contribution in [0.15, 0.2) is 28.7 Å². The number of carbonyl (C=O) groups is 1. The van der Waals surface area contributed by atoms with Crippen LogP contribution in [-0.4, -0.2) is 31.8 Å². The maximum atomic E-state index is 12.3. The Balaban J connectivity index is 2.28. The van der Waals surface area contributed by atoms with Gasteiger partial charge in [0.05, 0.1) is 13.2 Å². The second-order valence-corrected chi connectivity index (χ2v) is 5.99. The molecule has 1 aliphatic rings. The molecule has 1 fully saturated rings. The van der Waals surface area contributed by atoms with Crippen molar-refractivity contribution in [3.63, 3.8) is 0 Å². The first kappa shape index (κ1) is 15.3. The molecule has 4 nitrogen and oxygen atoms in total. The molecule has 2 atom stereocenters. The molecule has 1 N–H and O–H groups in total. The number of ether oxygens (including phenoxy) is 2. The highest BCUT2D eigenvalue weighted by Crippen LogP contribution is 2.36. The van der Waals surface area contributed by atoms with Crippen LogP contribution in [0.3, 0.4) is 0 Å². The molecule has 1 aromatic carbocycles. The Hall–Kier alpha value is -1.07. The van der Waals surface area contributed by atoms with E-state index in [1.165, 1.54) is 7.11 Å². The average Bonchev–Trinajstić information content (AvgIpc) is 2.49. The molecule has 0 bridgehead atoms. The molecule has 2 unspecified atom stereocenters. The maximum absolute atomic E-state index is 12.3. The monoisotopic (exact) mass is 341 g/mol. The molecule has 110 valence electrons. The van der Waals surface area contributed by atoms with Gasteiger partial charge in [-0.2, -0.15) is 0 Å². The van der Waals surface area contributed by atoms with E-state index < -0.39 is 5.54 Å². The molecular weight excluding hydrogens is 322 g/mol. The quantitative estimate of drug-likeness (QED) is 0.853. The minimum atomic E-state index is -0.711. The van der Waals surface area contributed by atoms with Gasteiger partial charge in [-0.05, 0) is 47.3 Å². The van der Waals surface area contributed by atoms with Crippen LogP contribution in [0.1, 0.15) is 25.7 Å². The molecular formula is C15H20BrNO3. The number of halogens is 1. The van der Waals surface area contributed by atoms with Gasteiger partial charge in [-0.1, -0.05) is 12.1 Å². The highest BCUT2D eigenvalue weighted by molar-refractivity contribution is 9.10. The lowest BCUT2D eigenvalue weighted by atomic mass is 9.79. The van der Waals surface area contributed by atoms with Crippen LogP contribution in [0.2, 0.25) is 0 Å². The number of benzene rings is 1. The van der Waals surface area contributed by atoms with Crippen LogP contribution in [0.4, 0.5) is 5.69 Å². The highest BCUT2D eigenvalue weighted by Gasteiger charge is 2.44. The van der Waals surface area contributed by atoms with E-state index in [-0.39, 0.29) is 12.1 Å². The standard InChI is InChI=1S/C15H20BrNO3/c1-19-11-6-5-9-15(10-11,14(18)20-2)17-13-8-4-3-7-12(13)16/h3-4,7-8,11,17H,5-6,9-10H2,1-2H3. The van der Waals surface area contributed by atoms with E-state index in [0.29, 0.717) is 6.42 Å². The number of para-hydroxylation sites is 1. The Kier molecular flexibility index (Phi) is 5.05. The largest absolute Gasteiger partial charge is 0.467 e. The van der Waals surface area contributed by atoms with Crippen molar-refractivity contribution in [2.24, 2.45) is 0 Å². The molecule has 5 heteroatoms. The molecule has 1 aromatic rings. The SMILES string of the molecule is COC(=O)C1(Nc2ccccc2Br)CCCC(OC)C1. The number of nitrogens with one attached hydrogen (secondary N) is 1. The van der Waals surface area contributed by atoms with Crippen LogP contribution in [0.5, 0.6) is 0 Å². The lowest BCUT2D eigenvalue weighted by molar-refractivity contribution is -0.149.